The van der Waals surface area contributed by atoms with Crippen LogP contribution in [0.25, 0.3) is 0 Å². The van der Waals surface area contributed by atoms with Crippen molar-refractivity contribution in [3.05, 3.63) is 12.2 Å². The van der Waals surface area contributed by atoms with Gasteiger partial charge in [0.25, 0.3) is 0 Å². The van der Waals surface area contributed by atoms with Gasteiger partial charge in [0.2, 0.25) is 0 Å². The van der Waals surface area contributed by atoms with E-state index in [1.165, 1.54) is 25.0 Å². The van der Waals surface area contributed by atoms with E-state index < -0.39 is 0 Å². The summed E-state index contributed by atoms with van der Waals surface area (Å²) in [6, 6.07) is 0.579. The predicted octanol–water partition coefficient (Wildman–Crippen LogP) is 2.34. The molecule has 0 amide bonds. The van der Waals surface area contributed by atoms with Gasteiger partial charge in [0.1, 0.15) is 0 Å². The van der Waals surface area contributed by atoms with Gasteiger partial charge in [-0.25, -0.2) is 0 Å². The second-order valence-electron chi connectivity index (χ2n) is 4.42. The standard InChI is InChI=1S/C10H19N/c1-8(10(2,3)4)9-6-5-7-11-9/h9,11H,1,5-7H2,2-4H3/t9-/m0/s1. The van der Waals surface area contributed by atoms with Crippen LogP contribution in [-0.2, 0) is 0 Å². The summed E-state index contributed by atoms with van der Waals surface area (Å²) >= 11 is 0. The van der Waals surface area contributed by atoms with E-state index in [9.17, 15) is 0 Å². The number of hydrogen-bond donors (Lipinski definition) is 1. The summed E-state index contributed by atoms with van der Waals surface area (Å²) in [5.41, 5.74) is 1.62. The quantitative estimate of drug-likeness (QED) is 0.570. The fourth-order valence-corrected chi connectivity index (χ4v) is 1.50. The molecule has 64 valence electrons. The van der Waals surface area contributed by atoms with Gasteiger partial charge in [-0.2, -0.15) is 0 Å². The zero-order valence-electron chi connectivity index (χ0n) is 7.91. The Kier molecular flexibility index (Phi) is 2.38. The van der Waals surface area contributed by atoms with E-state index in [4.69, 9.17) is 0 Å². The summed E-state index contributed by atoms with van der Waals surface area (Å²) in [5.74, 6) is 0. The van der Waals surface area contributed by atoms with Crippen molar-refractivity contribution in [1.29, 1.82) is 0 Å². The Balaban J connectivity index is 2.53. The van der Waals surface area contributed by atoms with Gasteiger partial charge in [-0.05, 0) is 24.8 Å². The Morgan fingerprint density at radius 1 is 1.45 bits per heavy atom. The molecule has 0 aliphatic carbocycles. The number of hydrogen-bond acceptors (Lipinski definition) is 1. The van der Waals surface area contributed by atoms with Crippen LogP contribution >= 0.6 is 0 Å². The second-order valence-corrected chi connectivity index (χ2v) is 4.42. The largest absolute Gasteiger partial charge is 0.310 e. The molecular weight excluding hydrogens is 134 g/mol. The minimum absolute atomic E-state index is 0.266. The molecule has 0 aromatic rings. The minimum Gasteiger partial charge on any atom is -0.310 e. The summed E-state index contributed by atoms with van der Waals surface area (Å²) in [5, 5.41) is 3.46. The van der Waals surface area contributed by atoms with E-state index in [-0.39, 0.29) is 5.41 Å². The van der Waals surface area contributed by atoms with Crippen molar-refractivity contribution in [1.82, 2.24) is 5.32 Å². The molecule has 0 bridgehead atoms. The minimum atomic E-state index is 0.266. The molecule has 11 heavy (non-hydrogen) atoms. The van der Waals surface area contributed by atoms with Crippen LogP contribution in [0, 0.1) is 5.41 Å². The van der Waals surface area contributed by atoms with Gasteiger partial charge < -0.3 is 5.32 Å². The third-order valence-corrected chi connectivity index (χ3v) is 2.44. The van der Waals surface area contributed by atoms with Crippen molar-refractivity contribution < 1.29 is 0 Å². The molecule has 0 radical (unpaired) electrons. The summed E-state index contributed by atoms with van der Waals surface area (Å²) in [6.45, 7) is 12.0. The van der Waals surface area contributed by atoms with Crippen LogP contribution < -0.4 is 5.32 Å². The van der Waals surface area contributed by atoms with Gasteiger partial charge >= 0.3 is 0 Å². The van der Waals surface area contributed by atoms with E-state index in [1.54, 1.807) is 0 Å². The molecule has 1 fully saturated rings. The van der Waals surface area contributed by atoms with E-state index in [0.29, 0.717) is 6.04 Å². The normalized spacial score (nSPS) is 25.5. The molecule has 0 saturated carbocycles. The number of rotatable bonds is 1. The van der Waals surface area contributed by atoms with Crippen LogP contribution in [-0.4, -0.2) is 12.6 Å². The highest BCUT2D eigenvalue weighted by Gasteiger charge is 2.25. The van der Waals surface area contributed by atoms with Crippen LogP contribution in [0.15, 0.2) is 12.2 Å². The molecule has 0 aromatic heterocycles. The van der Waals surface area contributed by atoms with Crippen molar-refractivity contribution >= 4 is 0 Å². The monoisotopic (exact) mass is 153 g/mol. The lowest BCUT2D eigenvalue weighted by Gasteiger charge is -2.26. The summed E-state index contributed by atoms with van der Waals surface area (Å²) in [6.07, 6.45) is 2.58. The molecule has 0 unspecified atom stereocenters. The van der Waals surface area contributed by atoms with E-state index >= 15 is 0 Å². The third kappa shape index (κ3) is 2.06. The zero-order valence-corrected chi connectivity index (χ0v) is 7.91. The highest BCUT2D eigenvalue weighted by atomic mass is 14.9. The zero-order chi connectivity index (χ0) is 8.48. The van der Waals surface area contributed by atoms with Gasteiger partial charge in [-0.15, -0.1) is 0 Å². The van der Waals surface area contributed by atoms with E-state index in [2.05, 4.69) is 32.7 Å². The van der Waals surface area contributed by atoms with Crippen molar-refractivity contribution in [2.45, 2.75) is 39.7 Å². The van der Waals surface area contributed by atoms with Crippen LogP contribution in [0.5, 0.6) is 0 Å². The maximum atomic E-state index is 4.15. The topological polar surface area (TPSA) is 12.0 Å². The SMILES string of the molecule is C=C([C@@H]1CCCN1)C(C)(C)C. The van der Waals surface area contributed by atoms with Crippen LogP contribution in [0.1, 0.15) is 33.6 Å². The maximum Gasteiger partial charge on any atom is 0.0282 e. The van der Waals surface area contributed by atoms with Crippen molar-refractivity contribution in [2.24, 2.45) is 5.41 Å². The number of nitrogens with one attached hydrogen (secondary N) is 1. The van der Waals surface area contributed by atoms with Gasteiger partial charge in [0.05, 0.1) is 0 Å². The smallest absolute Gasteiger partial charge is 0.0282 e. The molecule has 0 spiro atoms. The summed E-state index contributed by atoms with van der Waals surface area (Å²) in [4.78, 5) is 0. The van der Waals surface area contributed by atoms with Crippen LogP contribution in [0.2, 0.25) is 0 Å². The van der Waals surface area contributed by atoms with Crippen LogP contribution in [0.4, 0.5) is 0 Å². The molecule has 1 nitrogen and oxygen atoms in total. The average molecular weight is 153 g/mol. The molecule has 1 heteroatoms. The fourth-order valence-electron chi connectivity index (χ4n) is 1.50. The first-order chi connectivity index (χ1) is 5.02. The fraction of sp³-hybridized carbons (Fsp3) is 0.800. The maximum absolute atomic E-state index is 4.15. The Morgan fingerprint density at radius 3 is 2.45 bits per heavy atom. The molecular formula is C10H19N. The average Bonchev–Trinajstić information content (AvgIpc) is 2.34. The van der Waals surface area contributed by atoms with Crippen LogP contribution in [0.3, 0.4) is 0 Å². The Labute approximate surface area is 69.9 Å². The Morgan fingerprint density at radius 2 is 2.09 bits per heavy atom. The van der Waals surface area contributed by atoms with E-state index in [0.717, 1.165) is 0 Å². The molecule has 1 N–H and O–H groups in total. The van der Waals surface area contributed by atoms with E-state index in [1.807, 2.05) is 0 Å². The van der Waals surface area contributed by atoms with Gasteiger partial charge in [-0.1, -0.05) is 32.9 Å². The molecule has 1 heterocycles. The van der Waals surface area contributed by atoms with Gasteiger partial charge in [0, 0.05) is 6.04 Å². The molecule has 1 saturated heterocycles. The molecule has 1 aliphatic heterocycles. The van der Waals surface area contributed by atoms with Gasteiger partial charge in [-0.3, -0.25) is 0 Å². The lowest BCUT2D eigenvalue weighted by Crippen LogP contribution is -2.29. The highest BCUT2D eigenvalue weighted by Crippen LogP contribution is 2.29. The van der Waals surface area contributed by atoms with Crippen molar-refractivity contribution in [3.63, 3.8) is 0 Å². The first-order valence-corrected chi connectivity index (χ1v) is 4.44. The molecule has 1 rings (SSSR count). The molecule has 1 atom stereocenters. The molecule has 0 aromatic carbocycles. The predicted molar refractivity (Wildman–Crippen MR) is 49.6 cm³/mol. The van der Waals surface area contributed by atoms with Crippen molar-refractivity contribution in [2.75, 3.05) is 6.54 Å². The Hall–Kier alpha value is -0.300. The highest BCUT2D eigenvalue weighted by molar-refractivity contribution is 5.14. The van der Waals surface area contributed by atoms with Gasteiger partial charge in [0.15, 0.2) is 0 Å². The first kappa shape index (κ1) is 8.79. The van der Waals surface area contributed by atoms with Crippen molar-refractivity contribution in [3.8, 4) is 0 Å². The summed E-state index contributed by atoms with van der Waals surface area (Å²) in [7, 11) is 0. The lowest BCUT2D eigenvalue weighted by atomic mass is 9.83. The molecule has 1 aliphatic rings. The first-order valence-electron chi connectivity index (χ1n) is 4.44. The summed E-state index contributed by atoms with van der Waals surface area (Å²) < 4.78 is 0. The Bertz CT molecular complexity index is 147. The second kappa shape index (κ2) is 2.98. The third-order valence-electron chi connectivity index (χ3n) is 2.44. The lowest BCUT2D eigenvalue weighted by molar-refractivity contribution is 0.449.